The van der Waals surface area contributed by atoms with E-state index in [-0.39, 0.29) is 23.5 Å². The molecule has 1 aromatic carbocycles. The normalized spacial score (nSPS) is 15.7. The second kappa shape index (κ2) is 6.50. The van der Waals surface area contributed by atoms with Crippen molar-refractivity contribution < 1.29 is 14.3 Å². The molecule has 1 atom stereocenters. The molecule has 138 valence electrons. The van der Waals surface area contributed by atoms with Crippen molar-refractivity contribution in [2.24, 2.45) is 0 Å². The maximum Gasteiger partial charge on any atom is 0.267 e. The van der Waals surface area contributed by atoms with Crippen molar-refractivity contribution in [2.45, 2.75) is 32.4 Å². The van der Waals surface area contributed by atoms with Crippen molar-refractivity contribution in [2.75, 3.05) is 0 Å². The van der Waals surface area contributed by atoms with Gasteiger partial charge >= 0.3 is 0 Å². The first-order chi connectivity index (χ1) is 13.0. The number of hydrogen-bond donors (Lipinski definition) is 2. The fourth-order valence-electron chi connectivity index (χ4n) is 3.66. The van der Waals surface area contributed by atoms with Crippen LogP contribution in [-0.4, -0.2) is 20.6 Å². The SMILES string of the molecule is CC1CCc2cc(F)cc3c(O)c(C(=O)NCc4ccncc4)c(=O)n1c23. The van der Waals surface area contributed by atoms with Gasteiger partial charge in [0.2, 0.25) is 0 Å². The fourth-order valence-corrected chi connectivity index (χ4v) is 3.66. The van der Waals surface area contributed by atoms with Gasteiger partial charge in [-0.25, -0.2) is 4.39 Å². The highest BCUT2D eigenvalue weighted by Gasteiger charge is 2.28. The second-order valence-corrected chi connectivity index (χ2v) is 6.79. The number of halogens is 1. The van der Waals surface area contributed by atoms with E-state index in [0.717, 1.165) is 5.56 Å². The van der Waals surface area contributed by atoms with Crippen molar-refractivity contribution in [3.05, 3.63) is 69.5 Å². The van der Waals surface area contributed by atoms with Crippen LogP contribution in [0.25, 0.3) is 10.9 Å². The number of benzene rings is 1. The van der Waals surface area contributed by atoms with Crippen molar-refractivity contribution in [3.8, 4) is 5.75 Å². The van der Waals surface area contributed by atoms with E-state index in [1.165, 1.54) is 16.7 Å². The summed E-state index contributed by atoms with van der Waals surface area (Å²) >= 11 is 0. The average Bonchev–Trinajstić information content (AvgIpc) is 2.66. The third-order valence-corrected chi connectivity index (χ3v) is 5.02. The van der Waals surface area contributed by atoms with E-state index < -0.39 is 23.0 Å². The summed E-state index contributed by atoms with van der Waals surface area (Å²) < 4.78 is 15.5. The quantitative estimate of drug-likeness (QED) is 0.745. The fraction of sp³-hybridized carbons (Fsp3) is 0.250. The number of pyridine rings is 2. The minimum atomic E-state index is -0.691. The first-order valence-corrected chi connectivity index (χ1v) is 8.74. The van der Waals surface area contributed by atoms with Gasteiger partial charge in [-0.3, -0.25) is 14.6 Å². The summed E-state index contributed by atoms with van der Waals surface area (Å²) in [4.78, 5) is 29.6. The second-order valence-electron chi connectivity index (χ2n) is 6.79. The standard InChI is InChI=1S/C20H18FN3O3/c1-11-2-3-13-8-14(21)9-15-17(13)24(11)20(27)16(18(15)25)19(26)23-10-12-4-6-22-7-5-12/h4-9,11,25H,2-3,10H2,1H3,(H,23,26). The van der Waals surface area contributed by atoms with Gasteiger partial charge in [-0.2, -0.15) is 0 Å². The highest BCUT2D eigenvalue weighted by molar-refractivity contribution is 6.03. The van der Waals surface area contributed by atoms with E-state index in [0.29, 0.717) is 23.9 Å². The van der Waals surface area contributed by atoms with E-state index >= 15 is 0 Å². The van der Waals surface area contributed by atoms with Gasteiger partial charge in [-0.1, -0.05) is 0 Å². The number of aryl methyl sites for hydroxylation is 1. The van der Waals surface area contributed by atoms with Crippen LogP contribution < -0.4 is 10.9 Å². The van der Waals surface area contributed by atoms with E-state index in [1.54, 1.807) is 24.5 Å². The highest BCUT2D eigenvalue weighted by atomic mass is 19.1. The molecule has 0 bridgehead atoms. The van der Waals surface area contributed by atoms with Crippen LogP contribution in [0.15, 0.2) is 41.5 Å². The molecular formula is C20H18FN3O3. The van der Waals surface area contributed by atoms with Crippen LogP contribution in [0.1, 0.15) is 40.9 Å². The maximum absolute atomic E-state index is 14.0. The van der Waals surface area contributed by atoms with Gasteiger partial charge in [0, 0.05) is 30.4 Å². The molecule has 4 rings (SSSR count). The molecule has 2 N–H and O–H groups in total. The van der Waals surface area contributed by atoms with Crippen LogP contribution in [0.2, 0.25) is 0 Å². The number of nitrogens with one attached hydrogen (secondary N) is 1. The van der Waals surface area contributed by atoms with Crippen LogP contribution in [-0.2, 0) is 13.0 Å². The Kier molecular flexibility index (Phi) is 4.14. The average molecular weight is 367 g/mol. The molecule has 1 aliphatic heterocycles. The lowest BCUT2D eigenvalue weighted by atomic mass is 9.95. The Morgan fingerprint density at radius 3 is 2.85 bits per heavy atom. The minimum Gasteiger partial charge on any atom is -0.506 e. The van der Waals surface area contributed by atoms with Crippen LogP contribution >= 0.6 is 0 Å². The number of carbonyl (C=O) groups is 1. The lowest BCUT2D eigenvalue weighted by Crippen LogP contribution is -2.36. The van der Waals surface area contributed by atoms with Crippen molar-refractivity contribution >= 4 is 16.8 Å². The Bertz CT molecular complexity index is 1110. The van der Waals surface area contributed by atoms with Crippen LogP contribution in [0, 0.1) is 5.82 Å². The lowest BCUT2D eigenvalue weighted by molar-refractivity contribution is 0.0946. The molecule has 1 amide bonds. The maximum atomic E-state index is 14.0. The predicted molar refractivity (Wildman–Crippen MR) is 98.3 cm³/mol. The number of nitrogens with zero attached hydrogens (tertiary/aromatic N) is 2. The summed E-state index contributed by atoms with van der Waals surface area (Å²) in [5.41, 5.74) is 1.05. The minimum absolute atomic E-state index is 0.148. The zero-order valence-corrected chi connectivity index (χ0v) is 14.7. The predicted octanol–water partition coefficient (Wildman–Crippen LogP) is 2.68. The molecule has 0 aliphatic carbocycles. The molecule has 1 unspecified atom stereocenters. The van der Waals surface area contributed by atoms with Gasteiger partial charge in [0.1, 0.15) is 17.1 Å². The highest BCUT2D eigenvalue weighted by Crippen LogP contribution is 2.35. The number of hydrogen-bond acceptors (Lipinski definition) is 4. The summed E-state index contributed by atoms with van der Waals surface area (Å²) in [5.74, 6) is -1.67. The first-order valence-electron chi connectivity index (χ1n) is 8.74. The molecule has 2 aromatic heterocycles. The molecule has 3 aromatic rings. The summed E-state index contributed by atoms with van der Waals surface area (Å²) in [5, 5.41) is 13.5. The van der Waals surface area contributed by atoms with Gasteiger partial charge in [-0.15, -0.1) is 0 Å². The molecule has 1 aliphatic rings. The number of rotatable bonds is 3. The van der Waals surface area contributed by atoms with Gasteiger partial charge in [0.15, 0.2) is 0 Å². The smallest absolute Gasteiger partial charge is 0.267 e. The van der Waals surface area contributed by atoms with Crippen molar-refractivity contribution in [1.82, 2.24) is 14.9 Å². The van der Waals surface area contributed by atoms with Gasteiger partial charge in [0.05, 0.1) is 5.52 Å². The molecule has 0 fully saturated rings. The molecule has 7 heteroatoms. The Morgan fingerprint density at radius 2 is 2.11 bits per heavy atom. The van der Waals surface area contributed by atoms with E-state index in [9.17, 15) is 19.1 Å². The Hall–Kier alpha value is -3.22. The van der Waals surface area contributed by atoms with Crippen LogP contribution in [0.3, 0.4) is 0 Å². The zero-order chi connectivity index (χ0) is 19.1. The van der Waals surface area contributed by atoms with Gasteiger partial charge in [0.25, 0.3) is 11.5 Å². The number of aromatic nitrogens is 2. The molecule has 0 spiro atoms. The molecule has 0 saturated carbocycles. The largest absolute Gasteiger partial charge is 0.506 e. The van der Waals surface area contributed by atoms with Crippen LogP contribution in [0.5, 0.6) is 5.75 Å². The van der Waals surface area contributed by atoms with E-state index in [2.05, 4.69) is 10.3 Å². The zero-order valence-electron chi connectivity index (χ0n) is 14.7. The van der Waals surface area contributed by atoms with E-state index in [4.69, 9.17) is 0 Å². The third kappa shape index (κ3) is 2.85. The summed E-state index contributed by atoms with van der Waals surface area (Å²) in [6, 6.07) is 5.88. The van der Waals surface area contributed by atoms with Gasteiger partial charge in [-0.05, 0) is 55.2 Å². The molecule has 3 heterocycles. The molecule has 27 heavy (non-hydrogen) atoms. The topological polar surface area (TPSA) is 84.2 Å². The lowest BCUT2D eigenvalue weighted by Gasteiger charge is -2.26. The number of aromatic hydroxyl groups is 1. The van der Waals surface area contributed by atoms with Crippen molar-refractivity contribution in [1.29, 1.82) is 0 Å². The Balaban J connectivity index is 1.84. The van der Waals surface area contributed by atoms with E-state index in [1.807, 2.05) is 6.92 Å². The van der Waals surface area contributed by atoms with Crippen LogP contribution in [0.4, 0.5) is 4.39 Å². The molecular weight excluding hydrogens is 349 g/mol. The molecule has 6 nitrogen and oxygen atoms in total. The molecule has 0 saturated heterocycles. The van der Waals surface area contributed by atoms with Crippen molar-refractivity contribution in [3.63, 3.8) is 0 Å². The number of amides is 1. The third-order valence-electron chi connectivity index (χ3n) is 5.02. The molecule has 0 radical (unpaired) electrons. The van der Waals surface area contributed by atoms with Gasteiger partial charge < -0.3 is 15.0 Å². The summed E-state index contributed by atoms with van der Waals surface area (Å²) in [6.07, 6.45) is 4.47. The first kappa shape index (κ1) is 17.2. The number of carbonyl (C=O) groups excluding carboxylic acids is 1. The Morgan fingerprint density at radius 1 is 1.37 bits per heavy atom. The Labute approximate surface area is 154 Å². The monoisotopic (exact) mass is 367 g/mol. The summed E-state index contributed by atoms with van der Waals surface area (Å²) in [7, 11) is 0. The summed E-state index contributed by atoms with van der Waals surface area (Å²) in [6.45, 7) is 2.06.